The first-order valence-corrected chi connectivity index (χ1v) is 14.1. The van der Waals surface area contributed by atoms with E-state index in [9.17, 15) is 27.4 Å². The van der Waals surface area contributed by atoms with Crippen molar-refractivity contribution in [1.29, 1.82) is 0 Å². The molecule has 0 fully saturated rings. The number of aliphatic hydroxyl groups excluding tert-OH is 1. The van der Waals surface area contributed by atoms with Crippen molar-refractivity contribution in [3.05, 3.63) is 59.2 Å². The number of unbranched alkanes of at least 4 members (excludes halogenated alkanes) is 1. The maximum atomic E-state index is 13.8. The second kappa shape index (κ2) is 9.89. The number of carbonyl (C=O) groups excluding carboxylic acids is 1. The van der Waals surface area contributed by atoms with E-state index in [0.29, 0.717) is 12.0 Å². The number of anilines is 2. The zero-order valence-corrected chi connectivity index (χ0v) is 20.6. The number of Topliss-reactive ketones (excluding diaryl/α,β-unsaturated/α-hetero) is 1. The van der Waals surface area contributed by atoms with Crippen molar-refractivity contribution in [3.8, 4) is 0 Å². The molecular weight excluding hydrogens is 501 g/mol. The van der Waals surface area contributed by atoms with E-state index in [4.69, 9.17) is 0 Å². The first-order valence-electron chi connectivity index (χ1n) is 10.7. The van der Waals surface area contributed by atoms with E-state index in [1.54, 1.807) is 12.1 Å². The molecule has 2 aliphatic rings. The summed E-state index contributed by atoms with van der Waals surface area (Å²) in [5, 5.41) is 14.0. The van der Waals surface area contributed by atoms with Gasteiger partial charge in [-0.15, -0.1) is 4.40 Å². The molecule has 0 bridgehead atoms. The molecule has 0 aromatic heterocycles. The molecule has 12 heteroatoms. The Hall–Kier alpha value is -1.86. The summed E-state index contributed by atoms with van der Waals surface area (Å²) in [4.78, 5) is 13.8. The average molecular weight is 530 g/mol. The number of aliphatic hydroxyl groups is 1. The molecule has 0 saturated carbocycles. The number of ketones is 1. The first kappa shape index (κ1) is 27.7. The predicted molar refractivity (Wildman–Crippen MR) is 142 cm³/mol. The molecule has 2 aromatic carbocycles. The number of rotatable bonds is 6. The van der Waals surface area contributed by atoms with E-state index in [-0.39, 0.29) is 68.8 Å². The fourth-order valence-corrected chi connectivity index (χ4v) is 6.12. The Morgan fingerprint density at radius 2 is 1.86 bits per heavy atom. The summed E-state index contributed by atoms with van der Waals surface area (Å²) in [6.45, 7) is 3.86. The zero-order valence-electron chi connectivity index (χ0n) is 19.0. The number of sulfonamides is 1. The van der Waals surface area contributed by atoms with E-state index >= 15 is 0 Å². The molecule has 0 amide bonds. The van der Waals surface area contributed by atoms with Gasteiger partial charge in [-0.25, -0.2) is 8.42 Å². The molecule has 0 radical (unpaired) electrons. The van der Waals surface area contributed by atoms with Crippen LogP contribution in [0.5, 0.6) is 0 Å². The number of benzene rings is 2. The van der Waals surface area contributed by atoms with Crippen LogP contribution >= 0.6 is 10.8 Å². The van der Waals surface area contributed by atoms with Crippen LogP contribution in [0.1, 0.15) is 44.2 Å². The van der Waals surface area contributed by atoms with Gasteiger partial charge in [-0.3, -0.25) is 18.6 Å². The number of amidine groups is 1. The topological polar surface area (TPSA) is 148 Å². The molecule has 184 valence electrons. The van der Waals surface area contributed by atoms with Gasteiger partial charge in [0.25, 0.3) is 0 Å². The summed E-state index contributed by atoms with van der Waals surface area (Å²) in [7, 11) is -7.38. The molecule has 1 atom stereocenters. The Balaban J connectivity index is 0.00000342. The Labute approximate surface area is 228 Å². The third-order valence-corrected chi connectivity index (χ3v) is 8.03. The van der Waals surface area contributed by atoms with Gasteiger partial charge in [0.2, 0.25) is 10.0 Å². The van der Waals surface area contributed by atoms with E-state index in [0.717, 1.165) is 24.7 Å². The van der Waals surface area contributed by atoms with Crippen molar-refractivity contribution < 1.29 is 27.4 Å². The Bertz CT molecular complexity index is 1360. The zero-order chi connectivity index (χ0) is 24.9. The summed E-state index contributed by atoms with van der Waals surface area (Å²) >= 11 is 0. The van der Waals surface area contributed by atoms with Crippen LogP contribution in [0.15, 0.2) is 57.3 Å². The number of hydrogen-bond donors (Lipinski definition) is 5. The van der Waals surface area contributed by atoms with Crippen LogP contribution in [-0.4, -0.2) is 70.1 Å². The maximum absolute atomic E-state index is 13.8. The van der Waals surface area contributed by atoms with E-state index in [1.165, 1.54) is 18.2 Å². The van der Waals surface area contributed by atoms with Crippen molar-refractivity contribution in [3.63, 3.8) is 0 Å². The molecule has 1 aliphatic carbocycles. The Morgan fingerprint density at radius 3 is 2.51 bits per heavy atom. The standard InChI is InChI=1S/C23H27N3O6S2.Na.H/c1-4-5-12-23(2)16-9-7-6-8-15(16)20(27)19(21(23)28)22-24-17-11-10-14(25-33(3,29)30)13-18(17)34(31,32)26-22;;/h6-11,13,25,27,31-32H,4-5,12H2,1-3H3,(H,24,26);;. The minimum atomic E-state index is -3.80. The van der Waals surface area contributed by atoms with Gasteiger partial charge in [-0.05, 0) is 37.1 Å². The quantitative estimate of drug-likeness (QED) is 0.351. The van der Waals surface area contributed by atoms with Gasteiger partial charge >= 0.3 is 29.6 Å². The van der Waals surface area contributed by atoms with E-state index in [1.807, 2.05) is 26.0 Å². The van der Waals surface area contributed by atoms with Crippen LogP contribution in [0.3, 0.4) is 0 Å². The summed E-state index contributed by atoms with van der Waals surface area (Å²) in [6.07, 6.45) is 3.21. The third kappa shape index (κ3) is 5.17. The minimum absolute atomic E-state index is 0. The Morgan fingerprint density at radius 1 is 1.17 bits per heavy atom. The van der Waals surface area contributed by atoms with Crippen molar-refractivity contribution in [2.75, 3.05) is 16.3 Å². The molecule has 1 unspecified atom stereocenters. The second-order valence-electron chi connectivity index (χ2n) is 8.70. The normalized spacial score (nSPS) is 21.6. The number of nitrogens with zero attached hydrogens (tertiary/aromatic N) is 1. The SMILES string of the molecule is CCCCC1(C)C(=O)C(C2=NS(O)(O)c3cc(NS(C)(=O)=O)ccc3N2)=C(O)c2ccccc21.[NaH]. The summed E-state index contributed by atoms with van der Waals surface area (Å²) in [5.74, 6) is -0.789. The average Bonchev–Trinajstić information content (AvgIpc) is 2.76. The molecular formula is C23H28N3NaO6S2. The van der Waals surface area contributed by atoms with Gasteiger partial charge in [-0.1, -0.05) is 54.8 Å². The second-order valence-corrected chi connectivity index (χ2v) is 12.1. The van der Waals surface area contributed by atoms with Crippen molar-refractivity contribution in [2.24, 2.45) is 4.40 Å². The van der Waals surface area contributed by atoms with Gasteiger partial charge in [-0.2, -0.15) is 0 Å². The van der Waals surface area contributed by atoms with Crippen LogP contribution in [0.25, 0.3) is 5.76 Å². The van der Waals surface area contributed by atoms with Gasteiger partial charge in [0, 0.05) is 5.56 Å². The van der Waals surface area contributed by atoms with Crippen molar-refractivity contribution >= 4 is 79.1 Å². The van der Waals surface area contributed by atoms with Crippen LogP contribution in [0.2, 0.25) is 0 Å². The summed E-state index contributed by atoms with van der Waals surface area (Å²) in [5.41, 5.74) is 0.557. The molecule has 35 heavy (non-hydrogen) atoms. The molecule has 9 nitrogen and oxygen atoms in total. The van der Waals surface area contributed by atoms with Crippen LogP contribution in [0, 0.1) is 0 Å². The van der Waals surface area contributed by atoms with Gasteiger partial charge in [0.1, 0.15) is 16.2 Å². The molecule has 0 saturated heterocycles. The number of hydrogen-bond acceptors (Lipinski definition) is 8. The van der Waals surface area contributed by atoms with Gasteiger partial charge in [0.15, 0.2) is 11.6 Å². The summed E-state index contributed by atoms with van der Waals surface area (Å²) in [6, 6.07) is 11.3. The Kier molecular flexibility index (Phi) is 7.83. The predicted octanol–water partition coefficient (Wildman–Crippen LogP) is 4.26. The molecule has 1 aliphatic heterocycles. The monoisotopic (exact) mass is 529 g/mol. The van der Waals surface area contributed by atoms with Crippen LogP contribution in [-0.2, 0) is 20.2 Å². The number of fused-ring (bicyclic) bond motifs is 2. The fourth-order valence-electron chi connectivity index (χ4n) is 4.37. The van der Waals surface area contributed by atoms with Gasteiger partial charge < -0.3 is 10.4 Å². The molecule has 4 rings (SSSR count). The third-order valence-electron chi connectivity index (χ3n) is 6.06. The van der Waals surface area contributed by atoms with E-state index < -0.39 is 26.2 Å². The molecule has 1 heterocycles. The summed E-state index contributed by atoms with van der Waals surface area (Å²) < 4.78 is 51.0. The van der Waals surface area contributed by atoms with Gasteiger partial charge in [0.05, 0.1) is 23.0 Å². The van der Waals surface area contributed by atoms with E-state index in [2.05, 4.69) is 14.4 Å². The van der Waals surface area contributed by atoms with Crippen molar-refractivity contribution in [1.82, 2.24) is 0 Å². The van der Waals surface area contributed by atoms with Crippen molar-refractivity contribution in [2.45, 2.75) is 43.4 Å². The molecule has 0 spiro atoms. The molecule has 2 aromatic rings. The molecule has 5 N–H and O–H groups in total. The van der Waals surface area contributed by atoms with Crippen LogP contribution in [0.4, 0.5) is 11.4 Å². The number of carbonyl (C=O) groups is 1. The first-order chi connectivity index (χ1) is 15.9. The number of nitrogens with one attached hydrogen (secondary N) is 2. The fraction of sp³-hybridized carbons (Fsp3) is 0.304. The van der Waals surface area contributed by atoms with Crippen LogP contribution < -0.4 is 10.0 Å².